The van der Waals surface area contributed by atoms with Gasteiger partial charge in [0.2, 0.25) is 0 Å². The van der Waals surface area contributed by atoms with Gasteiger partial charge in [0.25, 0.3) is 0 Å². The third-order valence-corrected chi connectivity index (χ3v) is 4.95. The Labute approximate surface area is 129 Å². The Morgan fingerprint density at radius 2 is 2.29 bits per heavy atom. The summed E-state index contributed by atoms with van der Waals surface area (Å²) in [5, 5.41) is 11.6. The predicted molar refractivity (Wildman–Crippen MR) is 87.6 cm³/mol. The maximum absolute atomic E-state index is 11.0. The van der Waals surface area contributed by atoms with Gasteiger partial charge in [-0.3, -0.25) is 10.1 Å². The van der Waals surface area contributed by atoms with Crippen LogP contribution in [0.25, 0.3) is 0 Å². The normalized spacial score (nSPS) is 19.1. The Balaban J connectivity index is 2.21. The third kappa shape index (κ3) is 4.03. The maximum Gasteiger partial charge on any atom is 0.311 e. The molecule has 1 aromatic carbocycles. The number of nitro groups is 1. The molecule has 2 rings (SSSR count). The van der Waals surface area contributed by atoms with E-state index in [9.17, 15) is 10.1 Å². The molecule has 0 bridgehead atoms. The van der Waals surface area contributed by atoms with Crippen LogP contribution >= 0.6 is 11.8 Å². The second kappa shape index (κ2) is 7.54. The van der Waals surface area contributed by atoms with Crippen molar-refractivity contribution in [2.24, 2.45) is 0 Å². The Hall–Kier alpha value is -1.43. The van der Waals surface area contributed by atoms with E-state index in [1.54, 1.807) is 12.1 Å². The highest BCUT2D eigenvalue weighted by Crippen LogP contribution is 2.33. The van der Waals surface area contributed by atoms with Gasteiger partial charge in [0.05, 0.1) is 12.0 Å². The zero-order valence-electron chi connectivity index (χ0n) is 12.6. The fraction of sp³-hybridized carbons (Fsp3) is 0.600. The number of ether oxygens (including phenoxy) is 1. The summed E-state index contributed by atoms with van der Waals surface area (Å²) in [6.07, 6.45) is 3.66. The zero-order chi connectivity index (χ0) is 15.2. The lowest BCUT2D eigenvalue weighted by atomic mass is 10.2. The van der Waals surface area contributed by atoms with Gasteiger partial charge in [0.1, 0.15) is 0 Å². The van der Waals surface area contributed by atoms with E-state index in [1.807, 2.05) is 17.8 Å². The fourth-order valence-corrected chi connectivity index (χ4v) is 3.81. The molecule has 1 heterocycles. The molecule has 1 unspecified atom stereocenters. The molecule has 0 aromatic heterocycles. The number of nitro benzene ring substituents is 1. The number of methoxy groups -OCH3 is 1. The molecule has 21 heavy (non-hydrogen) atoms. The molecule has 0 N–H and O–H groups in total. The van der Waals surface area contributed by atoms with Crippen molar-refractivity contribution in [1.29, 1.82) is 0 Å². The zero-order valence-corrected chi connectivity index (χ0v) is 13.4. The number of rotatable bonds is 5. The summed E-state index contributed by atoms with van der Waals surface area (Å²) in [5.74, 6) is 1.46. The average molecular weight is 310 g/mol. The van der Waals surface area contributed by atoms with E-state index in [4.69, 9.17) is 4.74 Å². The molecule has 5 nitrogen and oxygen atoms in total. The first kappa shape index (κ1) is 15.9. The van der Waals surface area contributed by atoms with Gasteiger partial charge in [-0.25, -0.2) is 0 Å². The minimum absolute atomic E-state index is 0.0237. The first-order chi connectivity index (χ1) is 10.2. The molecule has 0 saturated carbocycles. The van der Waals surface area contributed by atoms with Gasteiger partial charge in [-0.15, -0.1) is 0 Å². The van der Waals surface area contributed by atoms with E-state index >= 15 is 0 Å². The number of benzene rings is 1. The second-order valence-corrected chi connectivity index (χ2v) is 6.71. The van der Waals surface area contributed by atoms with Crippen LogP contribution in [0.5, 0.6) is 5.75 Å². The van der Waals surface area contributed by atoms with E-state index in [1.165, 1.54) is 26.4 Å². The topological polar surface area (TPSA) is 55.6 Å². The Kier molecular flexibility index (Phi) is 5.73. The van der Waals surface area contributed by atoms with Crippen molar-refractivity contribution in [3.63, 3.8) is 0 Å². The van der Waals surface area contributed by atoms with Crippen LogP contribution in [0.15, 0.2) is 18.2 Å². The number of hydrogen-bond acceptors (Lipinski definition) is 5. The van der Waals surface area contributed by atoms with Gasteiger partial charge < -0.3 is 9.64 Å². The molecule has 1 aliphatic heterocycles. The molecule has 1 aliphatic rings. The van der Waals surface area contributed by atoms with Gasteiger partial charge in [-0.2, -0.15) is 11.8 Å². The highest BCUT2D eigenvalue weighted by Gasteiger charge is 2.21. The second-order valence-electron chi connectivity index (χ2n) is 5.13. The molecule has 1 atom stereocenters. The van der Waals surface area contributed by atoms with Crippen molar-refractivity contribution < 1.29 is 9.66 Å². The SMILES string of the molecule is CCSC1CCCCN(c2ccc([N+](=O)[O-])c(OC)c2)C1. The summed E-state index contributed by atoms with van der Waals surface area (Å²) < 4.78 is 5.17. The molecule has 1 fully saturated rings. The van der Waals surface area contributed by atoms with Crippen LogP contribution in [0.1, 0.15) is 26.2 Å². The van der Waals surface area contributed by atoms with Crippen LogP contribution in [-0.4, -0.2) is 36.1 Å². The first-order valence-electron chi connectivity index (χ1n) is 7.34. The molecule has 116 valence electrons. The Morgan fingerprint density at radius 1 is 1.48 bits per heavy atom. The maximum atomic E-state index is 11.0. The van der Waals surface area contributed by atoms with Gasteiger partial charge in [0, 0.05) is 36.2 Å². The van der Waals surface area contributed by atoms with E-state index in [-0.39, 0.29) is 5.69 Å². The lowest BCUT2D eigenvalue weighted by molar-refractivity contribution is -0.385. The highest BCUT2D eigenvalue weighted by molar-refractivity contribution is 7.99. The Morgan fingerprint density at radius 3 is 2.95 bits per heavy atom. The van der Waals surface area contributed by atoms with Crippen LogP contribution in [0, 0.1) is 10.1 Å². The van der Waals surface area contributed by atoms with Gasteiger partial charge in [-0.1, -0.05) is 13.3 Å². The highest BCUT2D eigenvalue weighted by atomic mass is 32.2. The summed E-state index contributed by atoms with van der Waals surface area (Å²) in [6.45, 7) is 4.19. The fourth-order valence-electron chi connectivity index (χ4n) is 2.72. The number of hydrogen-bond donors (Lipinski definition) is 0. The molecular formula is C15H22N2O3S. The van der Waals surface area contributed by atoms with E-state index in [0.29, 0.717) is 11.0 Å². The lowest BCUT2D eigenvalue weighted by Gasteiger charge is -2.26. The monoisotopic (exact) mass is 310 g/mol. The molecule has 0 aliphatic carbocycles. The smallest absolute Gasteiger partial charge is 0.311 e. The molecule has 0 radical (unpaired) electrons. The molecule has 1 aromatic rings. The largest absolute Gasteiger partial charge is 0.490 e. The minimum Gasteiger partial charge on any atom is -0.490 e. The summed E-state index contributed by atoms with van der Waals surface area (Å²) in [4.78, 5) is 12.9. The third-order valence-electron chi connectivity index (χ3n) is 3.76. The summed E-state index contributed by atoms with van der Waals surface area (Å²) in [5.41, 5.74) is 1.04. The lowest BCUT2D eigenvalue weighted by Crippen LogP contribution is -2.29. The van der Waals surface area contributed by atoms with Crippen molar-refractivity contribution in [1.82, 2.24) is 0 Å². The van der Waals surface area contributed by atoms with Crippen LogP contribution in [0.3, 0.4) is 0 Å². The van der Waals surface area contributed by atoms with Crippen LogP contribution in [0.2, 0.25) is 0 Å². The van der Waals surface area contributed by atoms with Crippen molar-refractivity contribution in [3.05, 3.63) is 28.3 Å². The molecular weight excluding hydrogens is 288 g/mol. The van der Waals surface area contributed by atoms with Crippen LogP contribution < -0.4 is 9.64 Å². The minimum atomic E-state index is -0.402. The van der Waals surface area contributed by atoms with Gasteiger partial charge >= 0.3 is 5.69 Å². The summed E-state index contributed by atoms with van der Waals surface area (Å²) >= 11 is 2.00. The summed E-state index contributed by atoms with van der Waals surface area (Å²) in [6, 6.07) is 5.16. The van der Waals surface area contributed by atoms with Gasteiger partial charge in [0.15, 0.2) is 5.75 Å². The molecule has 6 heteroatoms. The number of thioether (sulfide) groups is 1. The van der Waals surface area contributed by atoms with Crippen molar-refractivity contribution in [3.8, 4) is 5.75 Å². The molecule has 0 amide bonds. The van der Waals surface area contributed by atoms with Gasteiger partial charge in [-0.05, 0) is 24.7 Å². The predicted octanol–water partition coefficient (Wildman–Crippen LogP) is 3.72. The quantitative estimate of drug-likeness (QED) is 0.613. The average Bonchev–Trinajstić information content (AvgIpc) is 2.72. The number of anilines is 1. The Bertz CT molecular complexity index is 496. The molecule has 0 spiro atoms. The van der Waals surface area contributed by atoms with Crippen molar-refractivity contribution in [2.45, 2.75) is 31.4 Å². The summed E-state index contributed by atoms with van der Waals surface area (Å²) in [7, 11) is 1.48. The number of nitrogens with zero attached hydrogens (tertiary/aromatic N) is 2. The van der Waals surface area contributed by atoms with E-state index in [0.717, 1.165) is 24.5 Å². The molecule has 1 saturated heterocycles. The van der Waals surface area contributed by atoms with Crippen molar-refractivity contribution >= 4 is 23.1 Å². The first-order valence-corrected chi connectivity index (χ1v) is 8.39. The van der Waals surface area contributed by atoms with Crippen LogP contribution in [0.4, 0.5) is 11.4 Å². The van der Waals surface area contributed by atoms with Crippen LogP contribution in [-0.2, 0) is 0 Å². The standard InChI is InChI=1S/C15H22N2O3S/c1-3-21-13-6-4-5-9-16(11-13)12-7-8-14(17(18)19)15(10-12)20-2/h7-8,10,13H,3-6,9,11H2,1-2H3. The van der Waals surface area contributed by atoms with Crippen molar-refractivity contribution in [2.75, 3.05) is 30.9 Å². The van der Waals surface area contributed by atoms with E-state index in [2.05, 4.69) is 11.8 Å². The van der Waals surface area contributed by atoms with E-state index < -0.39 is 4.92 Å².